The maximum Gasteiger partial charge on any atom is 0.130 e. The second-order valence-electron chi connectivity index (χ2n) is 3.83. The lowest BCUT2D eigenvalue weighted by Gasteiger charge is -2.15. The molecule has 13 heavy (non-hydrogen) atoms. The first kappa shape index (κ1) is 9.97. The fourth-order valence-corrected chi connectivity index (χ4v) is 1.15. The second kappa shape index (κ2) is 3.33. The predicted molar refractivity (Wildman–Crippen MR) is 55.3 cm³/mol. The van der Waals surface area contributed by atoms with Crippen molar-refractivity contribution in [1.82, 2.24) is 0 Å². The van der Waals surface area contributed by atoms with Crippen LogP contribution in [0, 0.1) is 0 Å². The van der Waals surface area contributed by atoms with Crippen molar-refractivity contribution in [3.8, 4) is 0 Å². The minimum absolute atomic E-state index is 0.702. The van der Waals surface area contributed by atoms with E-state index in [1.54, 1.807) is 19.9 Å². The summed E-state index contributed by atoms with van der Waals surface area (Å²) in [7, 11) is 0. The first-order valence-corrected chi connectivity index (χ1v) is 4.36. The average Bonchev–Trinajstić information content (AvgIpc) is 2.03. The summed E-state index contributed by atoms with van der Waals surface area (Å²) in [6, 6.07) is 7.45. The van der Waals surface area contributed by atoms with Crippen molar-refractivity contribution in [2.75, 3.05) is 0 Å². The van der Waals surface area contributed by atoms with Crippen LogP contribution in [-0.4, -0.2) is 0 Å². The Balaban J connectivity index is 3.13. The van der Waals surface area contributed by atoms with Crippen LogP contribution in [0.5, 0.6) is 0 Å². The van der Waals surface area contributed by atoms with Crippen LogP contribution in [0.3, 0.4) is 0 Å². The van der Waals surface area contributed by atoms with Gasteiger partial charge in [0, 0.05) is 0 Å². The Morgan fingerprint density at radius 3 is 2.46 bits per heavy atom. The second-order valence-corrected chi connectivity index (χ2v) is 3.83. The summed E-state index contributed by atoms with van der Waals surface area (Å²) < 4.78 is 13.5. The molecule has 0 N–H and O–H groups in total. The zero-order valence-corrected chi connectivity index (χ0v) is 8.39. The van der Waals surface area contributed by atoms with Crippen molar-refractivity contribution < 1.29 is 4.39 Å². The van der Waals surface area contributed by atoms with Crippen molar-refractivity contribution in [3.63, 3.8) is 0 Å². The lowest BCUT2D eigenvalue weighted by atomic mass is 9.96. The number of hydrogen-bond donors (Lipinski definition) is 0. The van der Waals surface area contributed by atoms with Crippen LogP contribution >= 0.6 is 0 Å². The SMILES string of the molecule is C=C(C)c1cccc(C(C)(C)F)c1. The number of halogens is 1. The molecule has 0 aliphatic heterocycles. The van der Waals surface area contributed by atoms with E-state index < -0.39 is 5.67 Å². The van der Waals surface area contributed by atoms with Gasteiger partial charge < -0.3 is 0 Å². The van der Waals surface area contributed by atoms with Crippen molar-refractivity contribution in [2.45, 2.75) is 26.4 Å². The average molecular weight is 178 g/mol. The molecule has 1 rings (SSSR count). The molecule has 0 heterocycles. The van der Waals surface area contributed by atoms with E-state index in [9.17, 15) is 4.39 Å². The van der Waals surface area contributed by atoms with Gasteiger partial charge in [-0.3, -0.25) is 0 Å². The Morgan fingerprint density at radius 1 is 1.38 bits per heavy atom. The summed E-state index contributed by atoms with van der Waals surface area (Å²) in [4.78, 5) is 0. The van der Waals surface area contributed by atoms with E-state index in [0.717, 1.165) is 11.1 Å². The topological polar surface area (TPSA) is 0 Å². The maximum atomic E-state index is 13.5. The summed E-state index contributed by atoms with van der Waals surface area (Å²) in [5, 5.41) is 0. The molecule has 1 heteroatoms. The fourth-order valence-electron chi connectivity index (χ4n) is 1.15. The molecule has 0 saturated carbocycles. The van der Waals surface area contributed by atoms with Gasteiger partial charge in [0.15, 0.2) is 0 Å². The molecule has 70 valence electrons. The summed E-state index contributed by atoms with van der Waals surface area (Å²) in [6.07, 6.45) is 0. The van der Waals surface area contributed by atoms with Gasteiger partial charge in [0.25, 0.3) is 0 Å². The Labute approximate surface area is 79.1 Å². The quantitative estimate of drug-likeness (QED) is 0.643. The van der Waals surface area contributed by atoms with Crippen LogP contribution < -0.4 is 0 Å². The highest BCUT2D eigenvalue weighted by atomic mass is 19.1. The summed E-state index contributed by atoms with van der Waals surface area (Å²) in [5.74, 6) is 0. The molecule has 0 nitrogen and oxygen atoms in total. The number of allylic oxidation sites excluding steroid dienone is 1. The Bertz CT molecular complexity index is 318. The predicted octanol–water partition coefficient (Wildman–Crippen LogP) is 3.92. The highest BCUT2D eigenvalue weighted by Crippen LogP contribution is 2.26. The van der Waals surface area contributed by atoms with Gasteiger partial charge in [-0.2, -0.15) is 0 Å². The molecule has 0 aromatic heterocycles. The van der Waals surface area contributed by atoms with E-state index >= 15 is 0 Å². The summed E-state index contributed by atoms with van der Waals surface area (Å²) in [6.45, 7) is 8.87. The molecular formula is C12H15F. The maximum absolute atomic E-state index is 13.5. The molecule has 0 unspecified atom stereocenters. The van der Waals surface area contributed by atoms with Gasteiger partial charge in [-0.15, -0.1) is 0 Å². The molecule has 0 atom stereocenters. The molecule has 0 radical (unpaired) electrons. The third-order valence-electron chi connectivity index (χ3n) is 2.04. The summed E-state index contributed by atoms with van der Waals surface area (Å²) in [5.41, 5.74) is 1.40. The third-order valence-corrected chi connectivity index (χ3v) is 2.04. The van der Waals surface area contributed by atoms with Crippen LogP contribution in [0.15, 0.2) is 30.8 Å². The fraction of sp³-hybridized carbons (Fsp3) is 0.333. The molecule has 0 amide bonds. The highest BCUT2D eigenvalue weighted by Gasteiger charge is 2.18. The zero-order chi connectivity index (χ0) is 10.1. The summed E-state index contributed by atoms with van der Waals surface area (Å²) >= 11 is 0. The largest absolute Gasteiger partial charge is 0.239 e. The van der Waals surface area contributed by atoms with Crippen LogP contribution in [0.4, 0.5) is 4.39 Å². The minimum Gasteiger partial charge on any atom is -0.239 e. The van der Waals surface area contributed by atoms with Crippen LogP contribution in [-0.2, 0) is 5.67 Å². The van der Waals surface area contributed by atoms with Crippen molar-refractivity contribution >= 4 is 5.57 Å². The first-order chi connectivity index (χ1) is 5.91. The standard InChI is InChI=1S/C12H15F/c1-9(2)10-6-5-7-11(8-10)12(3,4)13/h5-8H,1H2,2-4H3. The molecule has 0 spiro atoms. The van der Waals surface area contributed by atoms with E-state index in [2.05, 4.69) is 6.58 Å². The number of rotatable bonds is 2. The normalized spacial score (nSPS) is 11.4. The monoisotopic (exact) mass is 178 g/mol. The van der Waals surface area contributed by atoms with Gasteiger partial charge in [-0.1, -0.05) is 30.4 Å². The molecule has 0 aliphatic carbocycles. The van der Waals surface area contributed by atoms with Gasteiger partial charge in [0.05, 0.1) is 0 Å². The van der Waals surface area contributed by atoms with Crippen molar-refractivity contribution in [3.05, 3.63) is 42.0 Å². The number of alkyl halides is 1. The molecule has 0 bridgehead atoms. The third kappa shape index (κ3) is 2.41. The lowest BCUT2D eigenvalue weighted by molar-refractivity contribution is 0.221. The van der Waals surface area contributed by atoms with E-state index in [4.69, 9.17) is 0 Å². The van der Waals surface area contributed by atoms with Crippen molar-refractivity contribution in [2.24, 2.45) is 0 Å². The van der Waals surface area contributed by atoms with E-state index in [0.29, 0.717) is 5.56 Å². The molecule has 0 fully saturated rings. The van der Waals surface area contributed by atoms with Crippen LogP contribution in [0.25, 0.3) is 5.57 Å². The molecule has 1 aromatic carbocycles. The lowest BCUT2D eigenvalue weighted by Crippen LogP contribution is -2.08. The Kier molecular flexibility index (Phi) is 2.55. The molecule has 0 saturated heterocycles. The van der Waals surface area contributed by atoms with Crippen LogP contribution in [0.2, 0.25) is 0 Å². The smallest absolute Gasteiger partial charge is 0.130 e. The van der Waals surface area contributed by atoms with Gasteiger partial charge in [0.2, 0.25) is 0 Å². The van der Waals surface area contributed by atoms with Gasteiger partial charge in [0.1, 0.15) is 5.67 Å². The van der Waals surface area contributed by atoms with E-state index in [1.165, 1.54) is 0 Å². The van der Waals surface area contributed by atoms with E-state index in [-0.39, 0.29) is 0 Å². The Hall–Kier alpha value is -1.11. The molecular weight excluding hydrogens is 163 g/mol. The van der Waals surface area contributed by atoms with Gasteiger partial charge in [-0.05, 0) is 38.0 Å². The van der Waals surface area contributed by atoms with Gasteiger partial charge in [-0.25, -0.2) is 4.39 Å². The first-order valence-electron chi connectivity index (χ1n) is 4.36. The minimum atomic E-state index is -1.27. The molecule has 1 aromatic rings. The molecule has 0 aliphatic rings. The number of hydrogen-bond acceptors (Lipinski definition) is 0. The van der Waals surface area contributed by atoms with Crippen molar-refractivity contribution in [1.29, 1.82) is 0 Å². The number of benzene rings is 1. The van der Waals surface area contributed by atoms with Gasteiger partial charge >= 0.3 is 0 Å². The highest BCUT2D eigenvalue weighted by molar-refractivity contribution is 5.62. The Morgan fingerprint density at radius 2 is 2.00 bits per heavy atom. The zero-order valence-electron chi connectivity index (χ0n) is 8.39. The van der Waals surface area contributed by atoms with E-state index in [1.807, 2.05) is 25.1 Å². The van der Waals surface area contributed by atoms with Crippen LogP contribution in [0.1, 0.15) is 31.9 Å².